The standard InChI is InChI=1S/C20H28N2O3/c1-14(2)13-25-18-8-7-17(10-16(18)12-21)22-19(23)20(24-4)9-5-6-15(3)11-20/h7-8,10,14-15H,5-6,9,11,13H2,1-4H3,(H,22,23)/t15-,20-/m0/s1. The highest BCUT2D eigenvalue weighted by Gasteiger charge is 2.42. The van der Waals surface area contributed by atoms with Gasteiger partial charge in [-0.2, -0.15) is 5.26 Å². The molecule has 1 amide bonds. The molecule has 1 aromatic carbocycles. The van der Waals surface area contributed by atoms with Crippen LogP contribution in [0, 0.1) is 23.2 Å². The van der Waals surface area contributed by atoms with Gasteiger partial charge < -0.3 is 14.8 Å². The van der Waals surface area contributed by atoms with Crippen LogP contribution in [0.2, 0.25) is 0 Å². The Balaban J connectivity index is 2.13. The van der Waals surface area contributed by atoms with E-state index < -0.39 is 5.60 Å². The molecule has 2 atom stereocenters. The summed E-state index contributed by atoms with van der Waals surface area (Å²) in [6, 6.07) is 7.29. The predicted octanol–water partition coefficient (Wildman–Crippen LogP) is 4.13. The molecule has 1 saturated carbocycles. The molecule has 136 valence electrons. The van der Waals surface area contributed by atoms with E-state index in [1.54, 1.807) is 25.3 Å². The highest BCUT2D eigenvalue weighted by atomic mass is 16.5. The first kappa shape index (κ1) is 19.3. The van der Waals surface area contributed by atoms with E-state index >= 15 is 0 Å². The molecule has 1 N–H and O–H groups in total. The SMILES string of the molecule is CO[C@@]1(C(=O)Nc2ccc(OCC(C)C)c(C#N)c2)CCC[C@H](C)C1. The number of rotatable bonds is 6. The zero-order chi connectivity index (χ0) is 18.4. The number of hydrogen-bond donors (Lipinski definition) is 1. The quantitative estimate of drug-likeness (QED) is 0.842. The first-order chi connectivity index (χ1) is 11.9. The molecule has 1 fully saturated rings. The molecule has 25 heavy (non-hydrogen) atoms. The molecule has 5 heteroatoms. The maximum Gasteiger partial charge on any atom is 0.256 e. The number of carbonyl (C=O) groups excluding carboxylic acids is 1. The summed E-state index contributed by atoms with van der Waals surface area (Å²) in [5, 5.41) is 12.3. The van der Waals surface area contributed by atoms with Gasteiger partial charge in [-0.1, -0.05) is 27.2 Å². The Hall–Kier alpha value is -2.06. The van der Waals surface area contributed by atoms with Gasteiger partial charge in [-0.3, -0.25) is 4.79 Å². The maximum atomic E-state index is 12.8. The minimum absolute atomic E-state index is 0.138. The Morgan fingerprint density at radius 2 is 2.24 bits per heavy atom. The molecule has 0 spiro atoms. The Labute approximate surface area is 150 Å². The molecule has 0 radical (unpaired) electrons. The van der Waals surface area contributed by atoms with Gasteiger partial charge in [0.15, 0.2) is 0 Å². The minimum Gasteiger partial charge on any atom is -0.492 e. The Morgan fingerprint density at radius 1 is 1.48 bits per heavy atom. The lowest BCUT2D eigenvalue weighted by molar-refractivity contribution is -0.143. The Bertz CT molecular complexity index is 651. The fourth-order valence-electron chi connectivity index (χ4n) is 3.31. The highest BCUT2D eigenvalue weighted by Crippen LogP contribution is 2.36. The van der Waals surface area contributed by atoms with Crippen LogP contribution in [0.1, 0.15) is 52.0 Å². The van der Waals surface area contributed by atoms with Crippen LogP contribution in [-0.4, -0.2) is 25.2 Å². The lowest BCUT2D eigenvalue weighted by atomic mass is 9.78. The van der Waals surface area contributed by atoms with Gasteiger partial charge >= 0.3 is 0 Å². The second kappa shape index (κ2) is 8.35. The number of ether oxygens (including phenoxy) is 2. The molecular weight excluding hydrogens is 316 g/mol. The molecule has 0 aromatic heterocycles. The second-order valence-corrected chi connectivity index (χ2v) is 7.38. The first-order valence-corrected chi connectivity index (χ1v) is 8.93. The van der Waals surface area contributed by atoms with Crippen LogP contribution >= 0.6 is 0 Å². The van der Waals surface area contributed by atoms with Gasteiger partial charge in [0, 0.05) is 12.8 Å². The lowest BCUT2D eigenvalue weighted by Crippen LogP contribution is -2.47. The summed E-state index contributed by atoms with van der Waals surface area (Å²) >= 11 is 0. The van der Waals surface area contributed by atoms with Crippen LogP contribution in [0.3, 0.4) is 0 Å². The summed E-state index contributed by atoms with van der Waals surface area (Å²) in [5.41, 5.74) is 0.229. The van der Waals surface area contributed by atoms with Crippen molar-refractivity contribution in [1.82, 2.24) is 0 Å². The minimum atomic E-state index is -0.780. The van der Waals surface area contributed by atoms with Crippen LogP contribution in [0.25, 0.3) is 0 Å². The molecular formula is C20H28N2O3. The zero-order valence-electron chi connectivity index (χ0n) is 15.6. The van der Waals surface area contributed by atoms with E-state index in [2.05, 4.69) is 32.2 Å². The van der Waals surface area contributed by atoms with Crippen molar-refractivity contribution in [2.24, 2.45) is 11.8 Å². The molecule has 5 nitrogen and oxygen atoms in total. The molecule has 0 saturated heterocycles. The number of amides is 1. The van der Waals surface area contributed by atoms with E-state index in [0.29, 0.717) is 35.4 Å². The fourth-order valence-corrected chi connectivity index (χ4v) is 3.31. The largest absolute Gasteiger partial charge is 0.492 e. The topological polar surface area (TPSA) is 71.3 Å². The summed E-state index contributed by atoms with van der Waals surface area (Å²) < 4.78 is 11.3. The number of nitrogens with one attached hydrogen (secondary N) is 1. The number of benzene rings is 1. The summed E-state index contributed by atoms with van der Waals surface area (Å²) in [4.78, 5) is 12.8. The third-order valence-corrected chi connectivity index (χ3v) is 4.69. The zero-order valence-corrected chi connectivity index (χ0v) is 15.6. The van der Waals surface area contributed by atoms with Crippen molar-refractivity contribution < 1.29 is 14.3 Å². The summed E-state index contributed by atoms with van der Waals surface area (Å²) in [6.45, 7) is 6.80. The molecule has 0 bridgehead atoms. The van der Waals surface area contributed by atoms with Gasteiger partial charge in [0.2, 0.25) is 0 Å². The van der Waals surface area contributed by atoms with Gasteiger partial charge in [-0.15, -0.1) is 0 Å². The normalized spacial score (nSPS) is 23.1. The van der Waals surface area contributed by atoms with E-state index in [-0.39, 0.29) is 5.91 Å². The van der Waals surface area contributed by atoms with Gasteiger partial charge in [0.25, 0.3) is 5.91 Å². The number of methoxy groups -OCH3 is 1. The van der Waals surface area contributed by atoms with Gasteiger partial charge in [-0.25, -0.2) is 0 Å². The number of nitriles is 1. The third-order valence-electron chi connectivity index (χ3n) is 4.69. The van der Waals surface area contributed by atoms with E-state index in [1.165, 1.54) is 0 Å². The highest BCUT2D eigenvalue weighted by molar-refractivity contribution is 5.97. The molecule has 1 aliphatic carbocycles. The van der Waals surface area contributed by atoms with Crippen LogP contribution < -0.4 is 10.1 Å². The molecule has 1 aliphatic rings. The maximum absolute atomic E-state index is 12.8. The van der Waals surface area contributed by atoms with Crippen LogP contribution in [-0.2, 0) is 9.53 Å². The predicted molar refractivity (Wildman–Crippen MR) is 97.5 cm³/mol. The van der Waals surface area contributed by atoms with Gasteiger partial charge in [-0.05, 0) is 49.3 Å². The average Bonchev–Trinajstić information content (AvgIpc) is 2.60. The number of nitrogens with zero attached hydrogens (tertiary/aromatic N) is 1. The summed E-state index contributed by atoms with van der Waals surface area (Å²) in [6.07, 6.45) is 3.54. The van der Waals surface area contributed by atoms with E-state index in [0.717, 1.165) is 25.7 Å². The van der Waals surface area contributed by atoms with E-state index in [9.17, 15) is 10.1 Å². The Kier molecular flexibility index (Phi) is 6.44. The van der Waals surface area contributed by atoms with Crippen molar-refractivity contribution in [2.45, 2.75) is 52.1 Å². The molecule has 2 rings (SSSR count). The fraction of sp³-hybridized carbons (Fsp3) is 0.600. The van der Waals surface area contributed by atoms with Crippen LogP contribution in [0.15, 0.2) is 18.2 Å². The van der Waals surface area contributed by atoms with Crippen molar-refractivity contribution in [2.75, 3.05) is 19.0 Å². The monoisotopic (exact) mass is 344 g/mol. The smallest absolute Gasteiger partial charge is 0.256 e. The van der Waals surface area contributed by atoms with Crippen molar-refractivity contribution in [3.8, 4) is 11.8 Å². The van der Waals surface area contributed by atoms with Gasteiger partial charge in [0.05, 0.1) is 12.2 Å². The van der Waals surface area contributed by atoms with E-state index in [4.69, 9.17) is 9.47 Å². The number of hydrogen-bond acceptors (Lipinski definition) is 4. The molecule has 1 aromatic rings. The second-order valence-electron chi connectivity index (χ2n) is 7.38. The van der Waals surface area contributed by atoms with Crippen LogP contribution in [0.4, 0.5) is 5.69 Å². The van der Waals surface area contributed by atoms with Crippen molar-refractivity contribution in [1.29, 1.82) is 5.26 Å². The average molecular weight is 344 g/mol. The molecule has 0 unspecified atom stereocenters. The van der Waals surface area contributed by atoms with E-state index in [1.807, 2.05) is 0 Å². The first-order valence-electron chi connectivity index (χ1n) is 8.93. The molecule has 0 heterocycles. The van der Waals surface area contributed by atoms with Crippen LogP contribution in [0.5, 0.6) is 5.75 Å². The van der Waals surface area contributed by atoms with Crippen molar-refractivity contribution in [3.63, 3.8) is 0 Å². The number of carbonyl (C=O) groups is 1. The van der Waals surface area contributed by atoms with Gasteiger partial charge in [0.1, 0.15) is 17.4 Å². The number of anilines is 1. The molecule has 0 aliphatic heterocycles. The summed E-state index contributed by atoms with van der Waals surface area (Å²) in [7, 11) is 1.60. The lowest BCUT2D eigenvalue weighted by Gasteiger charge is -2.37. The summed E-state index contributed by atoms with van der Waals surface area (Å²) in [5.74, 6) is 1.24. The third kappa shape index (κ3) is 4.73. The Morgan fingerprint density at radius 3 is 2.84 bits per heavy atom. The van der Waals surface area contributed by atoms with Crippen molar-refractivity contribution in [3.05, 3.63) is 23.8 Å². The van der Waals surface area contributed by atoms with Crippen molar-refractivity contribution >= 4 is 11.6 Å².